The van der Waals surface area contributed by atoms with Crippen molar-refractivity contribution in [3.63, 3.8) is 0 Å². The van der Waals surface area contributed by atoms with Crippen LogP contribution in [0.1, 0.15) is 12.0 Å². The standard InChI is InChI=1S/C9H11N3O/c1-6-4-7-9(11-5-6)12-8(13)2-3-10-7/h4-5,10H,2-3H2,1H3,(H,11,12,13). The van der Waals surface area contributed by atoms with Crippen LogP contribution in [0.25, 0.3) is 0 Å². The summed E-state index contributed by atoms with van der Waals surface area (Å²) in [6.07, 6.45) is 2.24. The van der Waals surface area contributed by atoms with Crippen LogP contribution in [0, 0.1) is 6.92 Å². The number of rotatable bonds is 0. The molecule has 0 saturated carbocycles. The van der Waals surface area contributed by atoms with Gasteiger partial charge in [-0.2, -0.15) is 0 Å². The van der Waals surface area contributed by atoms with E-state index < -0.39 is 0 Å². The first-order chi connectivity index (χ1) is 6.25. The van der Waals surface area contributed by atoms with Crippen molar-refractivity contribution in [3.8, 4) is 0 Å². The van der Waals surface area contributed by atoms with Crippen LogP contribution in [0.2, 0.25) is 0 Å². The van der Waals surface area contributed by atoms with Gasteiger partial charge in [0.25, 0.3) is 0 Å². The smallest absolute Gasteiger partial charge is 0.227 e. The van der Waals surface area contributed by atoms with Crippen LogP contribution in [0.3, 0.4) is 0 Å². The van der Waals surface area contributed by atoms with Crippen molar-refractivity contribution in [2.75, 3.05) is 17.2 Å². The second kappa shape index (κ2) is 3.05. The number of anilines is 2. The lowest BCUT2D eigenvalue weighted by Crippen LogP contribution is -2.11. The molecule has 0 bridgehead atoms. The molecule has 0 fully saturated rings. The highest BCUT2D eigenvalue weighted by Crippen LogP contribution is 2.21. The third kappa shape index (κ3) is 1.61. The minimum absolute atomic E-state index is 0.0163. The third-order valence-electron chi connectivity index (χ3n) is 1.95. The Morgan fingerprint density at radius 1 is 1.54 bits per heavy atom. The van der Waals surface area contributed by atoms with Crippen LogP contribution in [-0.4, -0.2) is 17.4 Å². The average Bonchev–Trinajstić information content (AvgIpc) is 2.25. The molecule has 1 aromatic rings. The molecular formula is C9H11N3O. The maximum absolute atomic E-state index is 11.1. The first-order valence-electron chi connectivity index (χ1n) is 4.26. The highest BCUT2D eigenvalue weighted by Gasteiger charge is 2.12. The van der Waals surface area contributed by atoms with E-state index in [2.05, 4.69) is 15.6 Å². The Morgan fingerprint density at radius 3 is 3.23 bits per heavy atom. The fourth-order valence-electron chi connectivity index (χ4n) is 1.31. The van der Waals surface area contributed by atoms with E-state index in [9.17, 15) is 4.79 Å². The molecule has 2 rings (SSSR count). The number of amides is 1. The number of aryl methyl sites for hydroxylation is 1. The highest BCUT2D eigenvalue weighted by atomic mass is 16.1. The number of aromatic nitrogens is 1. The molecule has 68 valence electrons. The zero-order chi connectivity index (χ0) is 9.26. The largest absolute Gasteiger partial charge is 0.382 e. The van der Waals surface area contributed by atoms with Gasteiger partial charge in [-0.3, -0.25) is 4.79 Å². The van der Waals surface area contributed by atoms with Crippen molar-refractivity contribution >= 4 is 17.4 Å². The number of nitrogens with zero attached hydrogens (tertiary/aromatic N) is 1. The summed E-state index contributed by atoms with van der Waals surface area (Å²) in [5, 5.41) is 5.89. The lowest BCUT2D eigenvalue weighted by atomic mass is 10.3. The molecule has 0 saturated heterocycles. The van der Waals surface area contributed by atoms with Crippen LogP contribution < -0.4 is 10.6 Å². The predicted molar refractivity (Wildman–Crippen MR) is 50.7 cm³/mol. The zero-order valence-electron chi connectivity index (χ0n) is 7.42. The second-order valence-corrected chi connectivity index (χ2v) is 3.13. The molecule has 0 aliphatic carbocycles. The first kappa shape index (κ1) is 8.04. The van der Waals surface area contributed by atoms with Gasteiger partial charge >= 0.3 is 0 Å². The summed E-state index contributed by atoms with van der Waals surface area (Å²) >= 11 is 0. The molecule has 0 radical (unpaired) electrons. The Hall–Kier alpha value is -1.58. The molecule has 2 heterocycles. The van der Waals surface area contributed by atoms with Gasteiger partial charge in [0.2, 0.25) is 5.91 Å². The van der Waals surface area contributed by atoms with Gasteiger partial charge in [0, 0.05) is 19.2 Å². The van der Waals surface area contributed by atoms with E-state index in [1.807, 2.05) is 13.0 Å². The van der Waals surface area contributed by atoms with Gasteiger partial charge in [-0.25, -0.2) is 4.98 Å². The summed E-state index contributed by atoms with van der Waals surface area (Å²) in [6, 6.07) is 1.98. The fraction of sp³-hybridized carbons (Fsp3) is 0.333. The van der Waals surface area contributed by atoms with Crippen molar-refractivity contribution in [1.29, 1.82) is 0 Å². The maximum atomic E-state index is 11.1. The van der Waals surface area contributed by atoms with E-state index in [1.165, 1.54) is 0 Å². The normalized spacial score (nSPS) is 15.3. The highest BCUT2D eigenvalue weighted by molar-refractivity contribution is 5.94. The number of hydrogen-bond acceptors (Lipinski definition) is 3. The van der Waals surface area contributed by atoms with Gasteiger partial charge < -0.3 is 10.6 Å². The Kier molecular flexibility index (Phi) is 1.88. The first-order valence-corrected chi connectivity index (χ1v) is 4.26. The van der Waals surface area contributed by atoms with E-state index in [4.69, 9.17) is 0 Å². The van der Waals surface area contributed by atoms with Gasteiger partial charge in [-0.1, -0.05) is 0 Å². The summed E-state index contributed by atoms with van der Waals surface area (Å²) in [5.74, 6) is 0.649. The lowest BCUT2D eigenvalue weighted by Gasteiger charge is -2.06. The molecule has 0 aromatic carbocycles. The van der Waals surface area contributed by atoms with Crippen LogP contribution in [0.15, 0.2) is 12.3 Å². The molecule has 2 N–H and O–H groups in total. The lowest BCUT2D eigenvalue weighted by molar-refractivity contribution is -0.115. The van der Waals surface area contributed by atoms with Crippen LogP contribution in [0.4, 0.5) is 11.5 Å². The Bertz CT molecular complexity index is 349. The van der Waals surface area contributed by atoms with E-state index in [-0.39, 0.29) is 5.91 Å². The summed E-state index contributed by atoms with van der Waals surface area (Å²) < 4.78 is 0. The van der Waals surface area contributed by atoms with Crippen molar-refractivity contribution < 1.29 is 4.79 Å². The summed E-state index contributed by atoms with van der Waals surface area (Å²) in [4.78, 5) is 15.3. The quantitative estimate of drug-likeness (QED) is 0.625. The van der Waals surface area contributed by atoms with E-state index in [0.717, 1.165) is 11.3 Å². The molecule has 1 aliphatic heterocycles. The van der Waals surface area contributed by atoms with Crippen LogP contribution >= 0.6 is 0 Å². The second-order valence-electron chi connectivity index (χ2n) is 3.13. The third-order valence-corrected chi connectivity index (χ3v) is 1.95. The zero-order valence-corrected chi connectivity index (χ0v) is 7.42. The summed E-state index contributed by atoms with van der Waals surface area (Å²) in [6.45, 7) is 2.64. The number of carbonyl (C=O) groups excluding carboxylic acids is 1. The SMILES string of the molecule is Cc1cnc2c(c1)NCCC(=O)N2. The van der Waals surface area contributed by atoms with E-state index >= 15 is 0 Å². The molecule has 4 heteroatoms. The molecule has 4 nitrogen and oxygen atoms in total. The number of pyridine rings is 1. The van der Waals surface area contributed by atoms with Crippen molar-refractivity contribution in [2.45, 2.75) is 13.3 Å². The molecule has 0 spiro atoms. The van der Waals surface area contributed by atoms with Gasteiger partial charge in [-0.15, -0.1) is 0 Å². The Morgan fingerprint density at radius 2 is 2.38 bits per heavy atom. The predicted octanol–water partition coefficient (Wildman–Crippen LogP) is 1.14. The average molecular weight is 177 g/mol. The molecule has 1 aliphatic rings. The number of nitrogens with one attached hydrogen (secondary N) is 2. The molecular weight excluding hydrogens is 166 g/mol. The van der Waals surface area contributed by atoms with Crippen LogP contribution in [-0.2, 0) is 4.79 Å². The van der Waals surface area contributed by atoms with Gasteiger partial charge in [0.1, 0.15) is 0 Å². The topological polar surface area (TPSA) is 54.0 Å². The summed E-state index contributed by atoms with van der Waals surface area (Å²) in [5.41, 5.74) is 1.99. The van der Waals surface area contributed by atoms with Gasteiger partial charge in [0.05, 0.1) is 5.69 Å². The molecule has 0 unspecified atom stereocenters. The van der Waals surface area contributed by atoms with Crippen molar-refractivity contribution in [1.82, 2.24) is 4.98 Å². The molecule has 1 amide bonds. The van der Waals surface area contributed by atoms with E-state index in [1.54, 1.807) is 6.20 Å². The number of fused-ring (bicyclic) bond motifs is 1. The molecule has 0 atom stereocenters. The molecule has 1 aromatic heterocycles. The van der Waals surface area contributed by atoms with Crippen LogP contribution in [0.5, 0.6) is 0 Å². The van der Waals surface area contributed by atoms with E-state index in [0.29, 0.717) is 18.8 Å². The monoisotopic (exact) mass is 177 g/mol. The van der Waals surface area contributed by atoms with Crippen molar-refractivity contribution in [2.24, 2.45) is 0 Å². The number of hydrogen-bond donors (Lipinski definition) is 2. The van der Waals surface area contributed by atoms with Gasteiger partial charge in [0.15, 0.2) is 5.82 Å². The minimum Gasteiger partial charge on any atom is -0.382 e. The van der Waals surface area contributed by atoms with Gasteiger partial charge in [-0.05, 0) is 18.6 Å². The molecule has 13 heavy (non-hydrogen) atoms. The minimum atomic E-state index is 0.0163. The Balaban J connectivity index is 2.40. The van der Waals surface area contributed by atoms with Crippen molar-refractivity contribution in [3.05, 3.63) is 17.8 Å². The Labute approximate surface area is 76.4 Å². The summed E-state index contributed by atoms with van der Waals surface area (Å²) in [7, 11) is 0. The number of carbonyl (C=O) groups is 1. The fourth-order valence-corrected chi connectivity index (χ4v) is 1.31. The maximum Gasteiger partial charge on any atom is 0.227 e.